The van der Waals surface area contributed by atoms with E-state index in [-0.39, 0.29) is 0 Å². The zero-order valence-corrected chi connectivity index (χ0v) is 14.0. The number of rotatable bonds is 3. The first-order valence-corrected chi connectivity index (χ1v) is 8.47. The molecule has 2 atom stereocenters. The van der Waals surface area contributed by atoms with Gasteiger partial charge in [-0.2, -0.15) is 5.10 Å². The van der Waals surface area contributed by atoms with Crippen molar-refractivity contribution in [3.8, 4) is 5.69 Å². The Balaban J connectivity index is 1.73. The van der Waals surface area contributed by atoms with Crippen LogP contribution in [-0.2, 0) is 0 Å². The average molecular weight is 356 g/mol. The lowest BCUT2D eigenvalue weighted by molar-refractivity contribution is 0.100. The van der Waals surface area contributed by atoms with Gasteiger partial charge in [0.05, 0.1) is 11.3 Å². The van der Waals surface area contributed by atoms with E-state index in [0.29, 0.717) is 41.8 Å². The van der Waals surface area contributed by atoms with Gasteiger partial charge in [-0.25, -0.2) is 13.5 Å². The van der Waals surface area contributed by atoms with Gasteiger partial charge in [-0.1, -0.05) is 18.2 Å². The molecule has 0 aliphatic carbocycles. The second kappa shape index (κ2) is 6.49. The number of hydrogen-bond acceptors (Lipinski definition) is 3. The summed E-state index contributed by atoms with van der Waals surface area (Å²) in [5, 5.41) is 8.20. The third-order valence-electron chi connectivity index (χ3n) is 4.85. The van der Waals surface area contributed by atoms with Gasteiger partial charge in [0.15, 0.2) is 0 Å². The minimum atomic E-state index is -1.05. The van der Waals surface area contributed by atoms with Gasteiger partial charge in [0.1, 0.15) is 17.5 Å². The summed E-state index contributed by atoms with van der Waals surface area (Å²) in [7, 11) is 0. The molecule has 1 aliphatic rings. The van der Waals surface area contributed by atoms with Gasteiger partial charge in [-0.05, 0) is 36.7 Å². The first kappa shape index (κ1) is 16.7. The average Bonchev–Trinajstić information content (AvgIpc) is 3.06. The predicted molar refractivity (Wildman–Crippen MR) is 94.7 cm³/mol. The summed E-state index contributed by atoms with van der Waals surface area (Å²) in [6.45, 7) is 1.03. The molecule has 2 aromatic carbocycles. The highest BCUT2D eigenvalue weighted by Gasteiger charge is 2.28. The number of nitrogens with one attached hydrogen (secondary N) is 1. The van der Waals surface area contributed by atoms with Gasteiger partial charge in [0.25, 0.3) is 5.91 Å². The van der Waals surface area contributed by atoms with E-state index in [1.807, 2.05) is 0 Å². The highest BCUT2D eigenvalue weighted by Crippen LogP contribution is 2.29. The van der Waals surface area contributed by atoms with Crippen molar-refractivity contribution < 1.29 is 13.6 Å². The van der Waals surface area contributed by atoms with Crippen LogP contribution in [0.25, 0.3) is 16.6 Å². The molecule has 1 amide bonds. The highest BCUT2D eigenvalue weighted by molar-refractivity contribution is 6.04. The molecule has 3 N–H and O–H groups in total. The van der Waals surface area contributed by atoms with Crippen molar-refractivity contribution in [3.05, 3.63) is 59.5 Å². The van der Waals surface area contributed by atoms with E-state index in [0.717, 1.165) is 5.39 Å². The van der Waals surface area contributed by atoms with Gasteiger partial charge >= 0.3 is 0 Å². The molecular formula is C19H18F2N4O. The maximum atomic E-state index is 14.6. The Morgan fingerprint density at radius 3 is 2.88 bits per heavy atom. The number of nitrogens with zero attached hydrogens (tertiary/aromatic N) is 2. The Morgan fingerprint density at radius 2 is 2.15 bits per heavy atom. The summed E-state index contributed by atoms with van der Waals surface area (Å²) in [6.07, 6.45) is 1.03. The second-order valence-electron chi connectivity index (χ2n) is 6.50. The van der Waals surface area contributed by atoms with Crippen LogP contribution in [0.1, 0.15) is 28.3 Å². The Bertz CT molecular complexity index is 985. The lowest BCUT2D eigenvalue weighted by atomic mass is 9.89. The number of nitrogens with two attached hydrogens (primary N) is 1. The number of fused-ring (bicyclic) bond motifs is 1. The molecule has 3 aromatic rings. The van der Waals surface area contributed by atoms with E-state index in [9.17, 15) is 13.6 Å². The van der Waals surface area contributed by atoms with Crippen molar-refractivity contribution in [1.82, 2.24) is 15.1 Å². The maximum Gasteiger partial charge on any atom is 0.250 e. The summed E-state index contributed by atoms with van der Waals surface area (Å²) in [4.78, 5) is 11.5. The molecular weight excluding hydrogens is 338 g/mol. The minimum Gasteiger partial charge on any atom is -0.366 e. The van der Waals surface area contributed by atoms with Gasteiger partial charge in [0.2, 0.25) is 0 Å². The molecule has 1 aromatic heterocycles. The minimum absolute atomic E-state index is 0.312. The number of carbonyl (C=O) groups excluding carboxylic acids is 1. The van der Waals surface area contributed by atoms with Crippen molar-refractivity contribution >= 4 is 16.8 Å². The van der Waals surface area contributed by atoms with Crippen LogP contribution < -0.4 is 11.1 Å². The standard InChI is InChI=1S/C19H18F2N4O/c20-16-6-7-23-9-15(16)13-5-4-12(8-17(13)21)25-10-11-2-1-3-14(19(22)26)18(11)24-25/h1-5,8,10,15-16,23H,6-7,9H2,(H2,22,26). The smallest absolute Gasteiger partial charge is 0.250 e. The van der Waals surface area contributed by atoms with Crippen molar-refractivity contribution in [2.45, 2.75) is 18.5 Å². The van der Waals surface area contributed by atoms with Gasteiger partial charge in [-0.15, -0.1) is 0 Å². The van der Waals surface area contributed by atoms with Crippen LogP contribution >= 0.6 is 0 Å². The van der Waals surface area contributed by atoms with E-state index in [1.165, 1.54) is 10.7 Å². The van der Waals surface area contributed by atoms with E-state index in [4.69, 9.17) is 5.73 Å². The van der Waals surface area contributed by atoms with Crippen LogP contribution in [-0.4, -0.2) is 34.9 Å². The van der Waals surface area contributed by atoms with Crippen molar-refractivity contribution in [1.29, 1.82) is 0 Å². The molecule has 0 spiro atoms. The molecule has 1 fully saturated rings. The molecule has 5 nitrogen and oxygen atoms in total. The van der Waals surface area contributed by atoms with E-state index in [2.05, 4.69) is 10.4 Å². The number of aromatic nitrogens is 2. The third-order valence-corrected chi connectivity index (χ3v) is 4.85. The molecule has 1 aliphatic heterocycles. The zero-order chi connectivity index (χ0) is 18.3. The van der Waals surface area contributed by atoms with Gasteiger partial charge in [-0.3, -0.25) is 4.79 Å². The van der Waals surface area contributed by atoms with Crippen LogP contribution in [0.15, 0.2) is 42.6 Å². The first-order chi connectivity index (χ1) is 12.5. The summed E-state index contributed by atoms with van der Waals surface area (Å²) >= 11 is 0. The molecule has 7 heteroatoms. The third kappa shape index (κ3) is 2.84. The molecule has 0 bridgehead atoms. The fraction of sp³-hybridized carbons (Fsp3) is 0.263. The quantitative estimate of drug-likeness (QED) is 0.758. The SMILES string of the molecule is NC(=O)c1cccc2cn(-c3ccc(C4CNCCC4F)c(F)c3)nc12. The Hall–Kier alpha value is -2.80. The van der Waals surface area contributed by atoms with Crippen molar-refractivity contribution in [3.63, 3.8) is 0 Å². The van der Waals surface area contributed by atoms with E-state index < -0.39 is 23.8 Å². The Morgan fingerprint density at radius 1 is 1.31 bits per heavy atom. The van der Waals surface area contributed by atoms with Crippen LogP contribution in [0.4, 0.5) is 8.78 Å². The van der Waals surface area contributed by atoms with E-state index >= 15 is 0 Å². The Labute approximate surface area is 148 Å². The topological polar surface area (TPSA) is 72.9 Å². The van der Waals surface area contributed by atoms with Crippen LogP contribution in [0.2, 0.25) is 0 Å². The predicted octanol–water partition coefficient (Wildman–Crippen LogP) is 2.68. The summed E-state index contributed by atoms with van der Waals surface area (Å²) in [5.41, 5.74) is 7.01. The number of halogens is 2. The van der Waals surface area contributed by atoms with Crippen LogP contribution in [0.5, 0.6) is 0 Å². The molecule has 134 valence electrons. The maximum absolute atomic E-state index is 14.6. The fourth-order valence-corrected chi connectivity index (χ4v) is 3.47. The number of benzene rings is 2. The lowest BCUT2D eigenvalue weighted by Crippen LogP contribution is -2.36. The fourth-order valence-electron chi connectivity index (χ4n) is 3.47. The van der Waals surface area contributed by atoms with Crippen LogP contribution in [0.3, 0.4) is 0 Å². The number of piperidine rings is 1. The molecule has 0 saturated carbocycles. The highest BCUT2D eigenvalue weighted by atomic mass is 19.1. The summed E-state index contributed by atoms with van der Waals surface area (Å²) in [5.74, 6) is -1.52. The molecule has 4 rings (SSSR count). The second-order valence-corrected chi connectivity index (χ2v) is 6.50. The number of alkyl halides is 1. The first-order valence-electron chi connectivity index (χ1n) is 8.47. The molecule has 2 unspecified atom stereocenters. The number of amides is 1. The molecule has 0 radical (unpaired) electrons. The van der Waals surface area contributed by atoms with Gasteiger partial charge in [0, 0.05) is 24.0 Å². The van der Waals surface area contributed by atoms with Crippen LogP contribution in [0, 0.1) is 5.82 Å². The normalized spacial score (nSPS) is 20.4. The van der Waals surface area contributed by atoms with Crippen molar-refractivity contribution in [2.24, 2.45) is 5.73 Å². The molecule has 1 saturated heterocycles. The zero-order valence-electron chi connectivity index (χ0n) is 14.0. The number of hydrogen-bond donors (Lipinski definition) is 2. The number of primary amides is 1. The van der Waals surface area contributed by atoms with Crippen molar-refractivity contribution in [2.75, 3.05) is 13.1 Å². The van der Waals surface area contributed by atoms with Gasteiger partial charge < -0.3 is 11.1 Å². The number of carbonyl (C=O) groups is 1. The monoisotopic (exact) mass is 356 g/mol. The molecule has 26 heavy (non-hydrogen) atoms. The largest absolute Gasteiger partial charge is 0.366 e. The Kier molecular flexibility index (Phi) is 4.16. The lowest BCUT2D eigenvalue weighted by Gasteiger charge is -2.27. The van der Waals surface area contributed by atoms with E-state index in [1.54, 1.807) is 36.5 Å². The summed E-state index contributed by atoms with van der Waals surface area (Å²) < 4.78 is 30.3. The molecule has 2 heterocycles. The summed E-state index contributed by atoms with van der Waals surface area (Å²) in [6, 6.07) is 9.77.